The molecule has 2 N–H and O–H groups in total. The van der Waals surface area contributed by atoms with Crippen LogP contribution in [0.5, 0.6) is 0 Å². The van der Waals surface area contributed by atoms with E-state index in [1.54, 1.807) is 0 Å². The first-order valence-corrected chi connectivity index (χ1v) is 6.17. The Labute approximate surface area is 105 Å². The van der Waals surface area contributed by atoms with Gasteiger partial charge in [0.05, 0.1) is 18.1 Å². The molecule has 0 aliphatic heterocycles. The fourth-order valence-electron chi connectivity index (χ4n) is 2.07. The molecule has 0 fully saturated rings. The summed E-state index contributed by atoms with van der Waals surface area (Å²) in [5.74, 6) is 0. The fraction of sp³-hybridized carbons (Fsp3) is 0.769. The number of nitrogens with two attached hydrogens (primary N) is 1. The standard InChI is InChI=1S/C13H26N4/c1-10(13(2,3)4)17(6)11(7-14)12-8-15-9-16(12)5/h8-11H,7,14H2,1-6H3. The van der Waals surface area contributed by atoms with Gasteiger partial charge in [-0.1, -0.05) is 20.8 Å². The van der Waals surface area contributed by atoms with Crippen LogP contribution in [0.25, 0.3) is 0 Å². The molecular weight excluding hydrogens is 212 g/mol. The average Bonchev–Trinajstić information content (AvgIpc) is 2.63. The first-order valence-electron chi connectivity index (χ1n) is 6.17. The molecule has 2 unspecified atom stereocenters. The highest BCUT2D eigenvalue weighted by atomic mass is 15.2. The molecular formula is C13H26N4. The van der Waals surface area contributed by atoms with Crippen molar-refractivity contribution in [3.05, 3.63) is 18.2 Å². The highest BCUT2D eigenvalue weighted by Crippen LogP contribution is 2.29. The van der Waals surface area contributed by atoms with Gasteiger partial charge in [0.1, 0.15) is 0 Å². The van der Waals surface area contributed by atoms with Gasteiger partial charge in [0.25, 0.3) is 0 Å². The van der Waals surface area contributed by atoms with Crippen LogP contribution in [-0.4, -0.2) is 34.1 Å². The van der Waals surface area contributed by atoms with E-state index in [4.69, 9.17) is 5.73 Å². The largest absolute Gasteiger partial charge is 0.336 e. The van der Waals surface area contributed by atoms with Crippen LogP contribution in [0.2, 0.25) is 0 Å². The Bertz CT molecular complexity index is 351. The lowest BCUT2D eigenvalue weighted by Gasteiger charge is -2.39. The van der Waals surface area contributed by atoms with Crippen molar-refractivity contribution in [1.29, 1.82) is 0 Å². The zero-order chi connectivity index (χ0) is 13.2. The van der Waals surface area contributed by atoms with Gasteiger partial charge in [-0.3, -0.25) is 4.90 Å². The Morgan fingerprint density at radius 2 is 2.06 bits per heavy atom. The van der Waals surface area contributed by atoms with Gasteiger partial charge < -0.3 is 10.3 Å². The second-order valence-electron chi connectivity index (χ2n) is 5.89. The van der Waals surface area contributed by atoms with E-state index in [2.05, 4.69) is 44.6 Å². The molecule has 0 amide bonds. The van der Waals surface area contributed by atoms with Gasteiger partial charge in [-0.25, -0.2) is 4.98 Å². The van der Waals surface area contributed by atoms with Gasteiger partial charge in [-0.2, -0.15) is 0 Å². The lowest BCUT2D eigenvalue weighted by Crippen LogP contribution is -2.44. The first-order chi connectivity index (χ1) is 7.79. The highest BCUT2D eigenvalue weighted by molar-refractivity contribution is 5.06. The summed E-state index contributed by atoms with van der Waals surface area (Å²) in [6, 6.07) is 0.669. The predicted molar refractivity (Wildman–Crippen MR) is 71.7 cm³/mol. The van der Waals surface area contributed by atoms with Gasteiger partial charge in [0.2, 0.25) is 0 Å². The normalized spacial score (nSPS) is 16.2. The predicted octanol–water partition coefficient (Wildman–Crippen LogP) is 1.79. The molecule has 0 bridgehead atoms. The zero-order valence-electron chi connectivity index (χ0n) is 11.9. The first kappa shape index (κ1) is 14.2. The van der Waals surface area contributed by atoms with E-state index in [1.807, 2.05) is 24.1 Å². The molecule has 4 heteroatoms. The summed E-state index contributed by atoms with van der Waals surface area (Å²) < 4.78 is 2.05. The second-order valence-corrected chi connectivity index (χ2v) is 5.89. The van der Waals surface area contributed by atoms with E-state index in [0.717, 1.165) is 0 Å². The van der Waals surface area contributed by atoms with Crippen molar-refractivity contribution in [2.45, 2.75) is 39.8 Å². The molecule has 98 valence electrons. The minimum absolute atomic E-state index is 0.219. The molecule has 1 aromatic rings. The molecule has 2 atom stereocenters. The minimum Gasteiger partial charge on any atom is -0.336 e. The van der Waals surface area contributed by atoms with Crippen molar-refractivity contribution >= 4 is 0 Å². The Morgan fingerprint density at radius 1 is 1.47 bits per heavy atom. The maximum atomic E-state index is 5.93. The van der Waals surface area contributed by atoms with Crippen LogP contribution < -0.4 is 5.73 Å². The number of imidazole rings is 1. The van der Waals surface area contributed by atoms with E-state index >= 15 is 0 Å². The van der Waals surface area contributed by atoms with Crippen molar-refractivity contribution in [3.63, 3.8) is 0 Å². The van der Waals surface area contributed by atoms with Crippen LogP contribution in [0, 0.1) is 5.41 Å². The number of hydrogen-bond donors (Lipinski definition) is 1. The van der Waals surface area contributed by atoms with Crippen LogP contribution in [0.15, 0.2) is 12.5 Å². The highest BCUT2D eigenvalue weighted by Gasteiger charge is 2.29. The summed E-state index contributed by atoms with van der Waals surface area (Å²) in [6.07, 6.45) is 3.73. The molecule has 1 heterocycles. The van der Waals surface area contributed by atoms with Gasteiger partial charge in [0.15, 0.2) is 0 Å². The maximum Gasteiger partial charge on any atom is 0.0946 e. The van der Waals surface area contributed by atoms with Gasteiger partial charge >= 0.3 is 0 Å². The van der Waals surface area contributed by atoms with Crippen LogP contribution in [-0.2, 0) is 7.05 Å². The van der Waals surface area contributed by atoms with Crippen molar-refractivity contribution in [2.75, 3.05) is 13.6 Å². The quantitative estimate of drug-likeness (QED) is 0.870. The third kappa shape index (κ3) is 3.07. The van der Waals surface area contributed by atoms with E-state index in [9.17, 15) is 0 Å². The minimum atomic E-state index is 0.219. The fourth-order valence-corrected chi connectivity index (χ4v) is 2.07. The van der Waals surface area contributed by atoms with Gasteiger partial charge in [0, 0.05) is 25.8 Å². The third-order valence-electron chi connectivity index (χ3n) is 3.77. The second kappa shape index (κ2) is 5.19. The topological polar surface area (TPSA) is 47.1 Å². The number of likely N-dealkylation sites (N-methyl/N-ethyl adjacent to an activating group) is 1. The van der Waals surface area contributed by atoms with Crippen LogP contribution in [0.3, 0.4) is 0 Å². The Hall–Kier alpha value is -0.870. The summed E-state index contributed by atoms with van der Waals surface area (Å²) in [5.41, 5.74) is 7.34. The molecule has 1 aromatic heterocycles. The van der Waals surface area contributed by atoms with Gasteiger partial charge in [-0.15, -0.1) is 0 Å². The SMILES string of the molecule is CC(N(C)C(CN)c1cncn1C)C(C)(C)C. The van der Waals surface area contributed by atoms with Crippen molar-refractivity contribution in [3.8, 4) is 0 Å². The molecule has 0 aliphatic rings. The average molecular weight is 238 g/mol. The molecule has 0 radical (unpaired) electrons. The summed E-state index contributed by atoms with van der Waals surface area (Å²) in [5, 5.41) is 0. The van der Waals surface area contributed by atoms with E-state index in [0.29, 0.717) is 12.6 Å². The molecule has 0 spiro atoms. The van der Waals surface area contributed by atoms with E-state index in [1.165, 1.54) is 5.69 Å². The lowest BCUT2D eigenvalue weighted by molar-refractivity contribution is 0.0970. The number of aryl methyl sites for hydroxylation is 1. The Balaban J connectivity index is 2.93. The Morgan fingerprint density at radius 3 is 2.41 bits per heavy atom. The zero-order valence-corrected chi connectivity index (χ0v) is 11.9. The number of aromatic nitrogens is 2. The molecule has 1 rings (SSSR count). The number of hydrogen-bond acceptors (Lipinski definition) is 3. The van der Waals surface area contributed by atoms with Crippen LogP contribution >= 0.6 is 0 Å². The summed E-state index contributed by atoms with van der Waals surface area (Å²) in [4.78, 5) is 6.52. The number of nitrogens with zero attached hydrogens (tertiary/aromatic N) is 3. The number of rotatable bonds is 4. The summed E-state index contributed by atoms with van der Waals surface area (Å²) in [6.45, 7) is 9.62. The van der Waals surface area contributed by atoms with Crippen LogP contribution in [0.4, 0.5) is 0 Å². The molecule has 0 saturated heterocycles. The van der Waals surface area contributed by atoms with E-state index < -0.39 is 0 Å². The lowest BCUT2D eigenvalue weighted by atomic mass is 9.86. The monoisotopic (exact) mass is 238 g/mol. The van der Waals surface area contributed by atoms with Crippen molar-refractivity contribution in [2.24, 2.45) is 18.2 Å². The third-order valence-corrected chi connectivity index (χ3v) is 3.77. The molecule has 0 aliphatic carbocycles. The molecule has 17 heavy (non-hydrogen) atoms. The Kier molecular flexibility index (Phi) is 4.33. The van der Waals surface area contributed by atoms with Crippen molar-refractivity contribution < 1.29 is 0 Å². The molecule has 0 aromatic carbocycles. The smallest absolute Gasteiger partial charge is 0.0946 e. The summed E-state index contributed by atoms with van der Waals surface area (Å²) >= 11 is 0. The van der Waals surface area contributed by atoms with E-state index in [-0.39, 0.29) is 11.5 Å². The molecule has 4 nitrogen and oxygen atoms in total. The van der Waals surface area contributed by atoms with Gasteiger partial charge in [-0.05, 0) is 19.4 Å². The summed E-state index contributed by atoms with van der Waals surface area (Å²) in [7, 11) is 4.15. The van der Waals surface area contributed by atoms with Crippen LogP contribution in [0.1, 0.15) is 39.4 Å². The van der Waals surface area contributed by atoms with Crippen molar-refractivity contribution in [1.82, 2.24) is 14.5 Å². The molecule has 0 saturated carbocycles. The maximum absolute atomic E-state index is 5.93.